The summed E-state index contributed by atoms with van der Waals surface area (Å²) >= 11 is 0. The van der Waals surface area contributed by atoms with Gasteiger partial charge in [-0.2, -0.15) is 16.8 Å². The summed E-state index contributed by atoms with van der Waals surface area (Å²) < 4.78 is 60.7. The van der Waals surface area contributed by atoms with Crippen molar-refractivity contribution in [3.05, 3.63) is 11.6 Å². The first-order valence-electron chi connectivity index (χ1n) is 11.8. The molecule has 0 N–H and O–H groups in total. The molecule has 0 radical (unpaired) electrons. The highest BCUT2D eigenvalue weighted by molar-refractivity contribution is 7.86. The molecule has 0 bridgehead atoms. The van der Waals surface area contributed by atoms with E-state index in [9.17, 15) is 16.8 Å². The molecule has 0 aromatic heterocycles. The highest BCUT2D eigenvalue weighted by atomic mass is 32.2. The minimum Gasteiger partial charge on any atom is -0.263 e. The molecule has 4 aliphatic carbocycles. The maximum absolute atomic E-state index is 12.4. The van der Waals surface area contributed by atoms with E-state index < -0.39 is 32.4 Å². The van der Waals surface area contributed by atoms with Gasteiger partial charge in [-0.15, -0.1) is 0 Å². The molecule has 178 valence electrons. The summed E-state index contributed by atoms with van der Waals surface area (Å²) in [6.45, 7) is 6.86. The van der Waals surface area contributed by atoms with Crippen LogP contribution in [0.3, 0.4) is 0 Å². The fourth-order valence-electron chi connectivity index (χ4n) is 8.11. The smallest absolute Gasteiger partial charge is 0.263 e. The predicted octanol–water partition coefficient (Wildman–Crippen LogP) is 4.27. The normalized spacial score (nSPS) is 45.4. The van der Waals surface area contributed by atoms with Gasteiger partial charge >= 0.3 is 0 Å². The summed E-state index contributed by atoms with van der Waals surface area (Å²) in [5, 5.41) is 0. The number of hydrogen-bond acceptors (Lipinski definition) is 6. The van der Waals surface area contributed by atoms with Crippen molar-refractivity contribution in [2.24, 2.45) is 34.5 Å². The summed E-state index contributed by atoms with van der Waals surface area (Å²) in [7, 11) is -7.59. The van der Waals surface area contributed by atoms with Crippen LogP contribution >= 0.6 is 0 Å². The van der Waals surface area contributed by atoms with Crippen molar-refractivity contribution in [1.82, 2.24) is 0 Å². The third-order valence-corrected chi connectivity index (χ3v) is 10.4. The number of fused-ring (bicyclic) bond motifs is 5. The lowest BCUT2D eigenvalue weighted by atomic mass is 9.45. The van der Waals surface area contributed by atoms with Crippen LogP contribution in [0.2, 0.25) is 0 Å². The first kappa shape index (κ1) is 23.7. The van der Waals surface area contributed by atoms with Crippen LogP contribution in [0.4, 0.5) is 0 Å². The van der Waals surface area contributed by atoms with Crippen LogP contribution in [0.25, 0.3) is 0 Å². The molecule has 8 heteroatoms. The van der Waals surface area contributed by atoms with Crippen LogP contribution < -0.4 is 0 Å². The lowest BCUT2D eigenvalue weighted by Gasteiger charge is -2.61. The van der Waals surface area contributed by atoms with E-state index in [1.54, 1.807) is 0 Å². The van der Waals surface area contributed by atoms with Gasteiger partial charge in [0.05, 0.1) is 12.5 Å². The molecule has 6 nitrogen and oxygen atoms in total. The van der Waals surface area contributed by atoms with E-state index in [1.807, 2.05) is 0 Å². The Morgan fingerprint density at radius 3 is 2.26 bits per heavy atom. The molecular weight excluding hydrogens is 436 g/mol. The Kier molecular flexibility index (Phi) is 5.97. The second kappa shape index (κ2) is 7.81. The Morgan fingerprint density at radius 1 is 0.968 bits per heavy atom. The number of rotatable bonds is 5. The van der Waals surface area contributed by atoms with E-state index in [4.69, 9.17) is 8.37 Å². The maximum Gasteiger partial charge on any atom is 0.265 e. The van der Waals surface area contributed by atoms with E-state index in [-0.39, 0.29) is 22.7 Å². The fraction of sp³-hybridized carbons (Fsp3) is 0.913. The summed E-state index contributed by atoms with van der Waals surface area (Å²) in [6.07, 6.45) is 10.9. The molecule has 0 aromatic rings. The van der Waals surface area contributed by atoms with E-state index in [2.05, 4.69) is 26.8 Å². The monoisotopic (exact) mass is 474 g/mol. The molecule has 3 saturated carbocycles. The van der Waals surface area contributed by atoms with Crippen LogP contribution in [0, 0.1) is 34.5 Å². The zero-order valence-electron chi connectivity index (χ0n) is 19.5. The van der Waals surface area contributed by atoms with Gasteiger partial charge < -0.3 is 0 Å². The van der Waals surface area contributed by atoms with Gasteiger partial charge in [-0.3, -0.25) is 8.37 Å². The van der Waals surface area contributed by atoms with Gasteiger partial charge in [0, 0.05) is 0 Å². The SMILES string of the molecule is CC[C@H]1CC[C@H]2[C@@H]3[C@H](OS(C)(=O)=O)[C@@H](OS(C)(=O)=O)C4=CCCC[C@]4(C)[C@H]3CC[C@]12C. The lowest BCUT2D eigenvalue weighted by molar-refractivity contribution is -0.130. The van der Waals surface area contributed by atoms with Crippen molar-refractivity contribution in [3.8, 4) is 0 Å². The molecule has 0 aromatic carbocycles. The summed E-state index contributed by atoms with van der Waals surface area (Å²) in [4.78, 5) is 0. The van der Waals surface area contributed by atoms with Gasteiger partial charge in [-0.05, 0) is 85.0 Å². The van der Waals surface area contributed by atoms with Crippen LogP contribution in [0.5, 0.6) is 0 Å². The van der Waals surface area contributed by atoms with Crippen molar-refractivity contribution in [3.63, 3.8) is 0 Å². The first-order chi connectivity index (χ1) is 14.3. The van der Waals surface area contributed by atoms with E-state index in [1.165, 1.54) is 0 Å². The van der Waals surface area contributed by atoms with Gasteiger partial charge in [0.25, 0.3) is 20.2 Å². The van der Waals surface area contributed by atoms with Crippen LogP contribution in [0.1, 0.15) is 72.1 Å². The fourth-order valence-corrected chi connectivity index (χ4v) is 9.33. The van der Waals surface area contributed by atoms with E-state index in [0.29, 0.717) is 11.8 Å². The Bertz CT molecular complexity index is 955. The highest BCUT2D eigenvalue weighted by Gasteiger charge is 2.64. The van der Waals surface area contributed by atoms with Crippen LogP contribution in [-0.4, -0.2) is 41.6 Å². The average molecular weight is 475 g/mol. The molecule has 0 unspecified atom stereocenters. The Hall–Kier alpha value is -0.440. The van der Waals surface area contributed by atoms with Crippen molar-refractivity contribution in [2.75, 3.05) is 12.5 Å². The van der Waals surface area contributed by atoms with Gasteiger partial charge in [-0.1, -0.05) is 33.3 Å². The molecule has 0 spiro atoms. The molecule has 0 heterocycles. The van der Waals surface area contributed by atoms with E-state index in [0.717, 1.165) is 69.5 Å². The molecule has 0 amide bonds. The molecule has 31 heavy (non-hydrogen) atoms. The summed E-state index contributed by atoms with van der Waals surface area (Å²) in [5.41, 5.74) is 0.894. The Labute approximate surface area is 188 Å². The molecule has 4 aliphatic rings. The third kappa shape index (κ3) is 4.04. The largest absolute Gasteiger partial charge is 0.265 e. The Balaban J connectivity index is 1.87. The molecule has 8 atom stereocenters. The lowest BCUT2D eigenvalue weighted by Crippen LogP contribution is -2.61. The first-order valence-corrected chi connectivity index (χ1v) is 15.4. The zero-order valence-corrected chi connectivity index (χ0v) is 21.1. The van der Waals surface area contributed by atoms with Crippen molar-refractivity contribution >= 4 is 20.2 Å². The minimum absolute atomic E-state index is 0.0305. The van der Waals surface area contributed by atoms with Crippen LogP contribution in [0.15, 0.2) is 11.6 Å². The second-order valence-electron chi connectivity index (χ2n) is 11.0. The van der Waals surface area contributed by atoms with Gasteiger partial charge in [0.15, 0.2) is 0 Å². The zero-order chi connectivity index (χ0) is 22.8. The molecular formula is C23H38O6S2. The summed E-state index contributed by atoms with van der Waals surface area (Å²) in [6, 6.07) is 0. The Morgan fingerprint density at radius 2 is 1.65 bits per heavy atom. The molecule has 4 rings (SSSR count). The minimum atomic E-state index is -3.80. The van der Waals surface area contributed by atoms with Crippen molar-refractivity contribution < 1.29 is 25.2 Å². The molecule has 3 fully saturated rings. The highest BCUT2D eigenvalue weighted by Crippen LogP contribution is 2.67. The molecule has 0 saturated heterocycles. The topological polar surface area (TPSA) is 86.7 Å². The average Bonchev–Trinajstić information content (AvgIpc) is 2.98. The van der Waals surface area contributed by atoms with Gasteiger partial charge in [-0.25, -0.2) is 0 Å². The third-order valence-electron chi connectivity index (χ3n) is 9.31. The summed E-state index contributed by atoms with van der Waals surface area (Å²) in [5.74, 6) is 1.17. The predicted molar refractivity (Wildman–Crippen MR) is 120 cm³/mol. The number of hydrogen-bond donors (Lipinski definition) is 0. The quantitative estimate of drug-likeness (QED) is 0.437. The molecule has 0 aliphatic heterocycles. The van der Waals surface area contributed by atoms with Gasteiger partial charge in [0.1, 0.15) is 12.2 Å². The van der Waals surface area contributed by atoms with E-state index >= 15 is 0 Å². The van der Waals surface area contributed by atoms with Crippen molar-refractivity contribution in [2.45, 2.75) is 84.3 Å². The second-order valence-corrected chi connectivity index (χ2v) is 14.2. The maximum atomic E-state index is 12.4. The standard InChI is InChI=1S/C23H38O6S2/c1-6-15-10-11-16-19-17(12-14-22(15,16)2)23(3)13-8-7-9-18(23)20(28-30(4,24)25)21(19)29-31(5,26)27/h9,15-17,19-21H,6-8,10-14H2,1-5H3/t15-,16-,17-,19-,20-,21-,22+,23+/m0/s1. The number of allylic oxidation sites excluding steroid dienone is 1. The van der Waals surface area contributed by atoms with Gasteiger partial charge in [0.2, 0.25) is 0 Å². The van der Waals surface area contributed by atoms with Crippen molar-refractivity contribution in [1.29, 1.82) is 0 Å². The van der Waals surface area contributed by atoms with Crippen LogP contribution in [-0.2, 0) is 28.6 Å².